The minimum atomic E-state index is -0.424. The van der Waals surface area contributed by atoms with Gasteiger partial charge < -0.3 is 10.6 Å². The highest BCUT2D eigenvalue weighted by Gasteiger charge is 2.27. The van der Waals surface area contributed by atoms with Gasteiger partial charge in [-0.15, -0.1) is 0 Å². The van der Waals surface area contributed by atoms with E-state index in [2.05, 4.69) is 22.9 Å². The fourth-order valence-electron chi connectivity index (χ4n) is 2.33. The lowest BCUT2D eigenvalue weighted by atomic mass is 10.2. The maximum atomic E-state index is 11.8. The molecule has 5 nitrogen and oxygen atoms in total. The molecule has 3 N–H and O–H groups in total. The highest BCUT2D eigenvalue weighted by atomic mass is 32.2. The van der Waals surface area contributed by atoms with E-state index in [9.17, 15) is 9.59 Å². The Morgan fingerprint density at radius 3 is 2.68 bits per heavy atom. The molecule has 0 aromatic carbocycles. The molecule has 3 unspecified atom stereocenters. The van der Waals surface area contributed by atoms with Crippen LogP contribution in [0.15, 0.2) is 0 Å². The Bertz CT molecular complexity index is 312. The van der Waals surface area contributed by atoms with Gasteiger partial charge in [-0.05, 0) is 38.9 Å². The Morgan fingerprint density at radius 2 is 2.05 bits per heavy atom. The van der Waals surface area contributed by atoms with Crippen molar-refractivity contribution in [2.45, 2.75) is 57.4 Å². The molecule has 1 saturated carbocycles. The fraction of sp³-hybridized carbons (Fsp3) is 0.846. The van der Waals surface area contributed by atoms with Gasteiger partial charge in [-0.25, -0.2) is 4.79 Å². The van der Waals surface area contributed by atoms with Crippen LogP contribution >= 0.6 is 11.8 Å². The minimum Gasteiger partial charge on any atom is -0.338 e. The lowest BCUT2D eigenvalue weighted by molar-refractivity contribution is -0.121. The lowest BCUT2D eigenvalue weighted by Gasteiger charge is -2.18. The summed E-state index contributed by atoms with van der Waals surface area (Å²) < 4.78 is 0. The first-order valence-electron chi connectivity index (χ1n) is 7.03. The molecule has 3 amide bonds. The molecule has 1 fully saturated rings. The molecule has 0 spiro atoms. The number of imide groups is 1. The highest BCUT2D eigenvalue weighted by molar-refractivity contribution is 7.99. The Hall–Kier alpha value is -0.750. The summed E-state index contributed by atoms with van der Waals surface area (Å²) in [6.45, 7) is 6.30. The second-order valence-corrected chi connectivity index (χ2v) is 6.40. The van der Waals surface area contributed by atoms with E-state index in [1.165, 1.54) is 6.42 Å². The third-order valence-corrected chi connectivity index (χ3v) is 4.47. The number of thioether (sulfide) groups is 1. The second-order valence-electron chi connectivity index (χ2n) is 4.82. The summed E-state index contributed by atoms with van der Waals surface area (Å²) in [7, 11) is 0. The Morgan fingerprint density at radius 1 is 1.32 bits per heavy atom. The molecule has 110 valence electrons. The van der Waals surface area contributed by atoms with Gasteiger partial charge in [0, 0.05) is 17.8 Å². The summed E-state index contributed by atoms with van der Waals surface area (Å²) in [4.78, 5) is 23.0. The molecule has 1 rings (SSSR count). The predicted molar refractivity (Wildman–Crippen MR) is 79.4 cm³/mol. The molecule has 0 aromatic rings. The molecule has 1 aliphatic carbocycles. The molecule has 0 saturated heterocycles. The van der Waals surface area contributed by atoms with Crippen LogP contribution in [-0.4, -0.2) is 41.6 Å². The van der Waals surface area contributed by atoms with Crippen molar-refractivity contribution in [1.29, 1.82) is 0 Å². The largest absolute Gasteiger partial charge is 0.338 e. The zero-order valence-corrected chi connectivity index (χ0v) is 12.8. The fourth-order valence-corrected chi connectivity index (χ4v) is 3.48. The molecular weight excluding hydrogens is 262 g/mol. The van der Waals surface area contributed by atoms with E-state index in [4.69, 9.17) is 0 Å². The Balaban J connectivity index is 2.28. The average Bonchev–Trinajstić information content (AvgIpc) is 2.77. The van der Waals surface area contributed by atoms with Crippen LogP contribution in [0.3, 0.4) is 0 Å². The molecule has 0 heterocycles. The van der Waals surface area contributed by atoms with Gasteiger partial charge in [0.1, 0.15) is 0 Å². The second kappa shape index (κ2) is 8.43. The summed E-state index contributed by atoms with van der Waals surface area (Å²) in [6, 6.07) is -0.371. The molecule has 0 bridgehead atoms. The van der Waals surface area contributed by atoms with Crippen LogP contribution in [0.1, 0.15) is 40.0 Å². The molecule has 3 atom stereocenters. The Kier molecular flexibility index (Phi) is 7.23. The Labute approximate surface area is 119 Å². The van der Waals surface area contributed by atoms with Crippen LogP contribution in [0.5, 0.6) is 0 Å². The van der Waals surface area contributed by atoms with Crippen LogP contribution < -0.4 is 16.0 Å². The third kappa shape index (κ3) is 5.82. The zero-order valence-electron chi connectivity index (χ0n) is 12.0. The summed E-state index contributed by atoms with van der Waals surface area (Å²) in [5, 5.41) is 8.90. The first kappa shape index (κ1) is 16.3. The SMILES string of the molecule is CCNC(=O)NC(=O)C(C)NC1CCC(SCC)C1. The van der Waals surface area contributed by atoms with Gasteiger partial charge in [-0.1, -0.05) is 6.92 Å². The monoisotopic (exact) mass is 287 g/mol. The first-order valence-corrected chi connectivity index (χ1v) is 8.08. The van der Waals surface area contributed by atoms with E-state index in [1.54, 1.807) is 6.92 Å². The van der Waals surface area contributed by atoms with E-state index < -0.39 is 6.03 Å². The number of hydrogen-bond donors (Lipinski definition) is 3. The molecule has 6 heteroatoms. The summed E-state index contributed by atoms with van der Waals surface area (Å²) in [5.41, 5.74) is 0. The number of hydrogen-bond acceptors (Lipinski definition) is 4. The van der Waals surface area contributed by atoms with Gasteiger partial charge in [0.15, 0.2) is 0 Å². The minimum absolute atomic E-state index is 0.266. The van der Waals surface area contributed by atoms with Crippen molar-refractivity contribution in [2.75, 3.05) is 12.3 Å². The zero-order chi connectivity index (χ0) is 14.3. The highest BCUT2D eigenvalue weighted by Crippen LogP contribution is 2.29. The van der Waals surface area contributed by atoms with Crippen LogP contribution in [0.4, 0.5) is 4.79 Å². The van der Waals surface area contributed by atoms with Gasteiger partial charge in [0.2, 0.25) is 5.91 Å². The van der Waals surface area contributed by atoms with E-state index in [1.807, 2.05) is 18.7 Å². The van der Waals surface area contributed by atoms with Gasteiger partial charge in [0.05, 0.1) is 6.04 Å². The number of rotatable bonds is 6. The molecule has 0 radical (unpaired) electrons. The number of amides is 3. The topological polar surface area (TPSA) is 70.2 Å². The molecule has 0 aliphatic heterocycles. The van der Waals surface area contributed by atoms with E-state index in [-0.39, 0.29) is 11.9 Å². The van der Waals surface area contributed by atoms with Crippen molar-refractivity contribution in [1.82, 2.24) is 16.0 Å². The van der Waals surface area contributed by atoms with Crippen molar-refractivity contribution in [3.05, 3.63) is 0 Å². The average molecular weight is 287 g/mol. The van der Waals surface area contributed by atoms with Crippen LogP contribution in [-0.2, 0) is 4.79 Å². The summed E-state index contributed by atoms with van der Waals surface area (Å²) in [5.74, 6) is 0.877. The quantitative estimate of drug-likeness (QED) is 0.692. The van der Waals surface area contributed by atoms with Crippen molar-refractivity contribution in [3.8, 4) is 0 Å². The van der Waals surface area contributed by atoms with Crippen LogP contribution in [0.25, 0.3) is 0 Å². The number of urea groups is 1. The van der Waals surface area contributed by atoms with Crippen molar-refractivity contribution < 1.29 is 9.59 Å². The standard InChI is InChI=1S/C13H25N3O2S/c1-4-14-13(18)16-12(17)9(3)15-10-6-7-11(8-10)19-5-2/h9-11,15H,4-8H2,1-3H3,(H2,14,16,17,18). The smallest absolute Gasteiger partial charge is 0.321 e. The summed E-state index contributed by atoms with van der Waals surface area (Å²) >= 11 is 1.99. The van der Waals surface area contributed by atoms with Gasteiger partial charge >= 0.3 is 6.03 Å². The number of carbonyl (C=O) groups is 2. The van der Waals surface area contributed by atoms with Gasteiger partial charge in [0.25, 0.3) is 0 Å². The van der Waals surface area contributed by atoms with E-state index >= 15 is 0 Å². The van der Waals surface area contributed by atoms with Crippen molar-refractivity contribution in [2.24, 2.45) is 0 Å². The van der Waals surface area contributed by atoms with Gasteiger partial charge in [-0.2, -0.15) is 11.8 Å². The van der Waals surface area contributed by atoms with Crippen LogP contribution in [0.2, 0.25) is 0 Å². The molecule has 19 heavy (non-hydrogen) atoms. The van der Waals surface area contributed by atoms with Crippen molar-refractivity contribution in [3.63, 3.8) is 0 Å². The number of nitrogens with one attached hydrogen (secondary N) is 3. The van der Waals surface area contributed by atoms with E-state index in [0.29, 0.717) is 17.8 Å². The van der Waals surface area contributed by atoms with Gasteiger partial charge in [-0.3, -0.25) is 10.1 Å². The maximum absolute atomic E-state index is 11.8. The summed E-state index contributed by atoms with van der Waals surface area (Å²) in [6.07, 6.45) is 3.43. The van der Waals surface area contributed by atoms with E-state index in [0.717, 1.165) is 18.6 Å². The third-order valence-electron chi connectivity index (χ3n) is 3.24. The molecule has 1 aliphatic rings. The predicted octanol–water partition coefficient (Wildman–Crippen LogP) is 1.48. The molecule has 0 aromatic heterocycles. The molecular formula is C13H25N3O2S. The lowest BCUT2D eigenvalue weighted by Crippen LogP contribution is -2.50. The maximum Gasteiger partial charge on any atom is 0.321 e. The normalized spacial score (nSPS) is 23.9. The number of carbonyl (C=O) groups excluding carboxylic acids is 2. The first-order chi connectivity index (χ1) is 9.06. The van der Waals surface area contributed by atoms with Crippen molar-refractivity contribution >= 4 is 23.7 Å². The van der Waals surface area contributed by atoms with Crippen LogP contribution in [0, 0.1) is 0 Å².